The molecule has 9 nitrogen and oxygen atoms in total. The number of amides is 2. The zero-order valence-corrected chi connectivity index (χ0v) is 23.4. The third-order valence-electron chi connectivity index (χ3n) is 8.14. The molecule has 0 bridgehead atoms. The van der Waals surface area contributed by atoms with Crippen molar-refractivity contribution in [3.63, 3.8) is 0 Å². The van der Waals surface area contributed by atoms with Gasteiger partial charge in [-0.25, -0.2) is 4.79 Å². The number of hydrogen-bond donors (Lipinski definition) is 2. The van der Waals surface area contributed by atoms with Crippen LogP contribution < -0.4 is 5.32 Å². The summed E-state index contributed by atoms with van der Waals surface area (Å²) < 4.78 is 11.0. The molecule has 218 valence electrons. The van der Waals surface area contributed by atoms with Gasteiger partial charge in [0.15, 0.2) is 0 Å². The molecule has 42 heavy (non-hydrogen) atoms. The maximum Gasteiger partial charge on any atom is 0.407 e. The van der Waals surface area contributed by atoms with Gasteiger partial charge in [-0.05, 0) is 47.6 Å². The van der Waals surface area contributed by atoms with E-state index in [4.69, 9.17) is 9.47 Å². The Bertz CT molecular complexity index is 1410. The second kappa shape index (κ2) is 12.9. The number of rotatable bonds is 9. The lowest BCUT2D eigenvalue weighted by molar-refractivity contribution is -0.153. The molecule has 1 saturated heterocycles. The molecule has 0 unspecified atom stereocenters. The van der Waals surface area contributed by atoms with Crippen LogP contribution in [0, 0.1) is 5.92 Å². The zero-order chi connectivity index (χ0) is 29.6. The molecular weight excluding hydrogens is 536 g/mol. The molecule has 0 radical (unpaired) electrons. The van der Waals surface area contributed by atoms with Gasteiger partial charge >= 0.3 is 18.0 Å². The highest BCUT2D eigenvalue weighted by Crippen LogP contribution is 2.44. The summed E-state index contributed by atoms with van der Waals surface area (Å²) in [7, 11) is 0. The van der Waals surface area contributed by atoms with Crippen molar-refractivity contribution in [1.29, 1.82) is 0 Å². The van der Waals surface area contributed by atoms with E-state index in [9.17, 15) is 24.3 Å². The zero-order valence-electron chi connectivity index (χ0n) is 23.4. The van der Waals surface area contributed by atoms with Gasteiger partial charge in [-0.3, -0.25) is 14.4 Å². The van der Waals surface area contributed by atoms with E-state index in [0.29, 0.717) is 19.4 Å². The molecule has 3 atom stereocenters. The monoisotopic (exact) mass is 570 g/mol. The maximum atomic E-state index is 13.7. The number of esters is 1. The quantitative estimate of drug-likeness (QED) is 0.357. The van der Waals surface area contributed by atoms with Crippen molar-refractivity contribution >= 4 is 23.9 Å². The summed E-state index contributed by atoms with van der Waals surface area (Å²) in [6, 6.07) is 23.1. The topological polar surface area (TPSA) is 122 Å². The van der Waals surface area contributed by atoms with E-state index >= 15 is 0 Å². The highest BCUT2D eigenvalue weighted by molar-refractivity contribution is 5.90. The molecule has 9 heteroatoms. The summed E-state index contributed by atoms with van der Waals surface area (Å²) in [6.45, 7) is 2.06. The first-order valence-electron chi connectivity index (χ1n) is 14.2. The van der Waals surface area contributed by atoms with Gasteiger partial charge in [-0.1, -0.05) is 78.9 Å². The predicted octanol–water partition coefficient (Wildman–Crippen LogP) is 4.74. The largest absolute Gasteiger partial charge is 0.481 e. The number of nitrogens with one attached hydrogen (secondary N) is 1. The van der Waals surface area contributed by atoms with Crippen molar-refractivity contribution < 1.29 is 33.8 Å². The standard InChI is InChI=1S/C33H34N2O7/c1-21-23(32(38)39)16-9-17-35(21)31(37)29(18-30(36)41-19-22-10-3-2-4-11-22)34-33(40)42-20-28-26-14-7-5-12-24(26)25-13-6-8-15-27(25)28/h2-8,10-15,21,23,28-29H,9,16-20H2,1H3,(H,34,40)(H,38,39)/t21-,23-,29-/m0/s1. The van der Waals surface area contributed by atoms with Crippen molar-refractivity contribution in [2.45, 2.75) is 50.8 Å². The normalized spacial score (nSPS) is 18.4. The van der Waals surface area contributed by atoms with Crippen LogP contribution in [0.5, 0.6) is 0 Å². The lowest BCUT2D eigenvalue weighted by Crippen LogP contribution is -2.56. The summed E-state index contributed by atoms with van der Waals surface area (Å²) in [5.74, 6) is -3.10. The first-order chi connectivity index (χ1) is 20.3. The molecule has 1 heterocycles. The van der Waals surface area contributed by atoms with Crippen molar-refractivity contribution in [1.82, 2.24) is 10.2 Å². The van der Waals surface area contributed by atoms with Crippen LogP contribution in [0.25, 0.3) is 11.1 Å². The van der Waals surface area contributed by atoms with Gasteiger partial charge in [0.1, 0.15) is 19.3 Å². The molecule has 2 aliphatic rings. The first-order valence-corrected chi connectivity index (χ1v) is 14.2. The fourth-order valence-electron chi connectivity index (χ4n) is 5.93. The van der Waals surface area contributed by atoms with E-state index in [2.05, 4.69) is 5.32 Å². The van der Waals surface area contributed by atoms with Gasteiger partial charge in [0.25, 0.3) is 0 Å². The number of carboxylic acids is 1. The number of benzene rings is 3. The summed E-state index contributed by atoms with van der Waals surface area (Å²) in [6.07, 6.45) is -0.311. The van der Waals surface area contributed by atoms with Crippen LogP contribution >= 0.6 is 0 Å². The minimum Gasteiger partial charge on any atom is -0.481 e. The maximum absolute atomic E-state index is 13.7. The van der Waals surface area contributed by atoms with Crippen molar-refractivity contribution in [3.05, 3.63) is 95.6 Å². The fourth-order valence-corrected chi connectivity index (χ4v) is 5.93. The average Bonchev–Trinajstić information content (AvgIpc) is 3.32. The van der Waals surface area contributed by atoms with Crippen molar-refractivity contribution in [2.75, 3.05) is 13.2 Å². The number of nitrogens with zero attached hydrogens (tertiary/aromatic N) is 1. The van der Waals surface area contributed by atoms with E-state index in [1.54, 1.807) is 6.92 Å². The SMILES string of the molecule is C[C@H]1[C@@H](C(=O)O)CCCN1C(=O)[C@H](CC(=O)OCc1ccccc1)NC(=O)OCC1c2ccccc2-c2ccccc21. The Labute approximate surface area is 244 Å². The Balaban J connectivity index is 1.28. The van der Waals surface area contributed by atoms with Crippen LogP contribution in [0.1, 0.15) is 48.8 Å². The van der Waals surface area contributed by atoms with Crippen molar-refractivity contribution in [3.8, 4) is 11.1 Å². The molecule has 5 rings (SSSR count). The lowest BCUT2D eigenvalue weighted by atomic mass is 9.89. The smallest absolute Gasteiger partial charge is 0.407 e. The molecule has 1 aliphatic carbocycles. The Morgan fingerprint density at radius 1 is 0.905 bits per heavy atom. The fraction of sp³-hybridized carbons (Fsp3) is 0.333. The molecule has 3 aromatic carbocycles. The van der Waals surface area contributed by atoms with Gasteiger partial charge in [0, 0.05) is 18.5 Å². The van der Waals surface area contributed by atoms with E-state index in [1.165, 1.54) is 4.90 Å². The third-order valence-corrected chi connectivity index (χ3v) is 8.14. The summed E-state index contributed by atoms with van der Waals surface area (Å²) in [4.78, 5) is 52.8. The molecule has 0 spiro atoms. The summed E-state index contributed by atoms with van der Waals surface area (Å²) in [5.41, 5.74) is 5.05. The minimum absolute atomic E-state index is 0.0206. The average molecular weight is 571 g/mol. The van der Waals surface area contributed by atoms with Crippen LogP contribution in [0.2, 0.25) is 0 Å². The predicted molar refractivity (Wildman–Crippen MR) is 154 cm³/mol. The first kappa shape index (κ1) is 28.9. The Kier molecular flexibility index (Phi) is 8.85. The second-order valence-electron chi connectivity index (χ2n) is 10.7. The van der Waals surface area contributed by atoms with Crippen LogP contribution in [0.4, 0.5) is 4.79 Å². The van der Waals surface area contributed by atoms with Crippen molar-refractivity contribution in [2.24, 2.45) is 5.92 Å². The molecule has 0 saturated carbocycles. The number of likely N-dealkylation sites (tertiary alicyclic amines) is 1. The Hall–Kier alpha value is -4.66. The van der Waals surface area contributed by atoms with Crippen LogP contribution in [-0.4, -0.2) is 59.2 Å². The minimum atomic E-state index is -1.28. The molecular formula is C33H34N2O7. The van der Waals surface area contributed by atoms with E-state index in [-0.39, 0.29) is 19.1 Å². The van der Waals surface area contributed by atoms with Gasteiger partial charge in [0.2, 0.25) is 5.91 Å². The Morgan fingerprint density at radius 2 is 1.52 bits per heavy atom. The number of carbonyl (C=O) groups excluding carboxylic acids is 3. The third kappa shape index (κ3) is 6.30. The van der Waals surface area contributed by atoms with Crippen LogP contribution in [0.3, 0.4) is 0 Å². The van der Waals surface area contributed by atoms with Gasteiger partial charge in [-0.2, -0.15) is 0 Å². The molecule has 2 N–H and O–H groups in total. The number of hydrogen-bond acceptors (Lipinski definition) is 6. The number of carbonyl (C=O) groups is 4. The summed E-state index contributed by atoms with van der Waals surface area (Å²) >= 11 is 0. The molecule has 3 aromatic rings. The second-order valence-corrected chi connectivity index (χ2v) is 10.7. The van der Waals surface area contributed by atoms with Gasteiger partial charge in [0.05, 0.1) is 12.3 Å². The molecule has 1 fully saturated rings. The van der Waals surface area contributed by atoms with Crippen LogP contribution in [-0.2, 0) is 30.5 Å². The number of aliphatic carboxylic acids is 1. The number of alkyl carbamates (subject to hydrolysis) is 1. The van der Waals surface area contributed by atoms with E-state index in [1.807, 2.05) is 78.9 Å². The summed E-state index contributed by atoms with van der Waals surface area (Å²) in [5, 5.41) is 12.2. The number of ether oxygens (including phenoxy) is 2. The number of carboxylic acid groups (broad SMARTS) is 1. The number of fused-ring (bicyclic) bond motifs is 3. The Morgan fingerprint density at radius 3 is 2.17 bits per heavy atom. The van der Waals surface area contributed by atoms with Crippen LogP contribution in [0.15, 0.2) is 78.9 Å². The molecule has 2 amide bonds. The molecule has 0 aromatic heterocycles. The molecule has 1 aliphatic heterocycles. The van der Waals surface area contributed by atoms with Gasteiger partial charge < -0.3 is 24.8 Å². The van der Waals surface area contributed by atoms with Gasteiger partial charge in [-0.15, -0.1) is 0 Å². The van der Waals surface area contributed by atoms with E-state index in [0.717, 1.165) is 27.8 Å². The highest BCUT2D eigenvalue weighted by atomic mass is 16.5. The number of piperidine rings is 1. The highest BCUT2D eigenvalue weighted by Gasteiger charge is 2.39. The lowest BCUT2D eigenvalue weighted by Gasteiger charge is -2.39. The van der Waals surface area contributed by atoms with E-state index < -0.39 is 48.4 Å².